The van der Waals surface area contributed by atoms with E-state index in [-0.39, 0.29) is 55.5 Å². The number of hydrogen-bond acceptors (Lipinski definition) is 10. The largest absolute Gasteiger partial charge is 0.466 e. The molecule has 0 aromatic rings. The first-order valence-electron chi connectivity index (χ1n) is 15.0. The Balaban J connectivity index is 3.48. The van der Waals surface area contributed by atoms with E-state index in [4.69, 9.17) is 19.3 Å². The van der Waals surface area contributed by atoms with Gasteiger partial charge in [-0.25, -0.2) is 0 Å². The number of Topliss-reactive ketones (excluding diaryl/α,β-unsaturated/α-hetero) is 2. The van der Waals surface area contributed by atoms with E-state index in [1.54, 1.807) is 0 Å². The van der Waals surface area contributed by atoms with Crippen LogP contribution < -0.4 is 0 Å². The highest BCUT2D eigenvalue weighted by Gasteiger charge is 2.12. The topological polar surface area (TPSA) is 150 Å². The predicted octanol–water partition coefficient (Wildman–Crippen LogP) is 4.75. The number of carbonyl (C=O) groups is 6. The van der Waals surface area contributed by atoms with E-state index in [2.05, 4.69) is 0 Å². The van der Waals surface area contributed by atoms with Gasteiger partial charge >= 0.3 is 17.9 Å². The van der Waals surface area contributed by atoms with Gasteiger partial charge < -0.3 is 24.1 Å². The van der Waals surface area contributed by atoms with Crippen LogP contribution >= 0.6 is 0 Å². The molecule has 10 nitrogen and oxygen atoms in total. The van der Waals surface area contributed by atoms with Crippen molar-refractivity contribution in [3.8, 4) is 0 Å². The molecule has 0 aliphatic heterocycles. The fraction of sp³-hybridized carbons (Fsp3) is 0.800. The van der Waals surface area contributed by atoms with Gasteiger partial charge in [-0.1, -0.05) is 6.42 Å². The summed E-state index contributed by atoms with van der Waals surface area (Å²) >= 11 is 0. The molecule has 40 heavy (non-hydrogen) atoms. The molecule has 0 unspecified atom stereocenters. The molecule has 0 saturated heterocycles. The molecule has 0 atom stereocenters. The maximum Gasteiger partial charge on any atom is 0.305 e. The van der Waals surface area contributed by atoms with E-state index in [0.717, 1.165) is 32.0 Å². The zero-order chi connectivity index (χ0) is 29.7. The number of esters is 3. The monoisotopic (exact) mass is 570 g/mol. The lowest BCUT2D eigenvalue weighted by Crippen LogP contribution is -2.13. The molecule has 230 valence electrons. The number of ether oxygens (including phenoxy) is 3. The average Bonchev–Trinajstić information content (AvgIpc) is 2.94. The zero-order valence-electron chi connectivity index (χ0n) is 24.2. The number of rotatable bonds is 29. The van der Waals surface area contributed by atoms with E-state index in [1.165, 1.54) is 0 Å². The fourth-order valence-corrected chi connectivity index (χ4v) is 3.79. The summed E-state index contributed by atoms with van der Waals surface area (Å²) < 4.78 is 15.5. The van der Waals surface area contributed by atoms with E-state index < -0.39 is 0 Å². The van der Waals surface area contributed by atoms with Crippen molar-refractivity contribution in [2.45, 2.75) is 128 Å². The summed E-state index contributed by atoms with van der Waals surface area (Å²) in [5.41, 5.74) is 0. The molecule has 10 heteroatoms. The summed E-state index contributed by atoms with van der Waals surface area (Å²) in [6.45, 7) is 1.10. The van der Waals surface area contributed by atoms with Crippen molar-refractivity contribution in [2.75, 3.05) is 26.4 Å². The number of aldehydes is 1. The SMILES string of the molecule is O=CCCCCC(=O)C(=O)CCCCCOC(=O)CCCCCOC(=O)CCCCCOC(=O)CCCCCO. The summed E-state index contributed by atoms with van der Waals surface area (Å²) in [6.07, 6.45) is 12.2. The normalized spacial score (nSPS) is 10.6. The van der Waals surface area contributed by atoms with Crippen molar-refractivity contribution in [3.63, 3.8) is 0 Å². The number of aliphatic hydroxyl groups excluding tert-OH is 1. The Bertz CT molecular complexity index is 719. The molecule has 0 aromatic carbocycles. The van der Waals surface area contributed by atoms with Gasteiger partial charge in [0.1, 0.15) is 6.29 Å². The summed E-state index contributed by atoms with van der Waals surface area (Å²) in [5.74, 6) is -1.49. The van der Waals surface area contributed by atoms with Gasteiger partial charge in [0.25, 0.3) is 0 Å². The Morgan fingerprint density at radius 2 is 0.800 bits per heavy atom. The quantitative estimate of drug-likeness (QED) is 0.0439. The third kappa shape index (κ3) is 25.6. The molecular formula is C30H50O10. The van der Waals surface area contributed by atoms with E-state index in [9.17, 15) is 28.8 Å². The molecule has 0 amide bonds. The second-order valence-electron chi connectivity index (χ2n) is 9.89. The molecule has 0 fully saturated rings. The van der Waals surface area contributed by atoms with E-state index in [1.807, 2.05) is 0 Å². The van der Waals surface area contributed by atoms with Crippen molar-refractivity contribution in [1.29, 1.82) is 0 Å². The number of carbonyl (C=O) groups excluding carboxylic acids is 6. The van der Waals surface area contributed by atoms with Crippen LogP contribution in [0, 0.1) is 0 Å². The van der Waals surface area contributed by atoms with Crippen LogP contribution in [-0.2, 0) is 43.0 Å². The van der Waals surface area contributed by atoms with Crippen LogP contribution in [0.5, 0.6) is 0 Å². The van der Waals surface area contributed by atoms with Crippen molar-refractivity contribution < 1.29 is 48.1 Å². The second kappa shape index (κ2) is 27.9. The molecule has 0 aromatic heterocycles. The molecule has 0 bridgehead atoms. The van der Waals surface area contributed by atoms with Gasteiger partial charge in [-0.05, 0) is 83.5 Å². The summed E-state index contributed by atoms with van der Waals surface area (Å²) in [7, 11) is 0. The van der Waals surface area contributed by atoms with Gasteiger partial charge in [-0.2, -0.15) is 0 Å². The van der Waals surface area contributed by atoms with Crippen molar-refractivity contribution in [2.24, 2.45) is 0 Å². The summed E-state index contributed by atoms with van der Waals surface area (Å²) in [6, 6.07) is 0. The Hall–Kier alpha value is -2.62. The van der Waals surface area contributed by atoms with E-state index >= 15 is 0 Å². The van der Waals surface area contributed by atoms with Gasteiger partial charge in [0.2, 0.25) is 0 Å². The standard InChI is InChI=1S/C30H50O10/c31-21-11-1-6-16-26(33)27(34)17-7-3-13-23-38-29(36)19-9-5-15-25-40-30(37)20-10-4-14-24-39-28(35)18-8-2-12-22-32/h21,32H,1-20,22-25H2. The first-order chi connectivity index (χ1) is 19.4. The minimum absolute atomic E-state index is 0.141. The summed E-state index contributed by atoms with van der Waals surface area (Å²) in [5, 5.41) is 8.70. The fourth-order valence-electron chi connectivity index (χ4n) is 3.79. The minimum atomic E-state index is -0.374. The molecule has 0 aliphatic carbocycles. The first-order valence-corrected chi connectivity index (χ1v) is 15.0. The van der Waals surface area contributed by atoms with Gasteiger partial charge in [0.05, 0.1) is 19.8 Å². The average molecular weight is 571 g/mol. The zero-order valence-corrected chi connectivity index (χ0v) is 24.2. The van der Waals surface area contributed by atoms with Gasteiger partial charge in [-0.15, -0.1) is 0 Å². The maximum absolute atomic E-state index is 11.8. The van der Waals surface area contributed by atoms with Crippen molar-refractivity contribution in [3.05, 3.63) is 0 Å². The Morgan fingerprint density at radius 3 is 1.18 bits per heavy atom. The number of aliphatic hydroxyl groups is 1. The molecule has 0 rings (SSSR count). The Labute approximate surface area is 238 Å². The first kappa shape index (κ1) is 37.4. The van der Waals surface area contributed by atoms with Crippen LogP contribution in [-0.4, -0.2) is 67.3 Å². The lowest BCUT2D eigenvalue weighted by atomic mass is 10.0. The smallest absolute Gasteiger partial charge is 0.305 e. The number of hydrogen-bond donors (Lipinski definition) is 1. The minimum Gasteiger partial charge on any atom is -0.466 e. The van der Waals surface area contributed by atoms with Crippen LogP contribution in [0.3, 0.4) is 0 Å². The molecule has 0 spiro atoms. The lowest BCUT2D eigenvalue weighted by molar-refractivity contribution is -0.145. The molecule has 0 aliphatic rings. The third-order valence-corrected chi connectivity index (χ3v) is 6.21. The second-order valence-corrected chi connectivity index (χ2v) is 9.89. The van der Waals surface area contributed by atoms with Crippen LogP contribution in [0.1, 0.15) is 128 Å². The van der Waals surface area contributed by atoms with Crippen molar-refractivity contribution in [1.82, 2.24) is 0 Å². The van der Waals surface area contributed by atoms with Crippen LogP contribution in [0.15, 0.2) is 0 Å². The lowest BCUT2D eigenvalue weighted by Gasteiger charge is -2.07. The number of ketones is 2. The Morgan fingerprint density at radius 1 is 0.450 bits per heavy atom. The predicted molar refractivity (Wildman–Crippen MR) is 148 cm³/mol. The van der Waals surface area contributed by atoms with Crippen LogP contribution in [0.4, 0.5) is 0 Å². The molecule has 0 radical (unpaired) electrons. The molecule has 0 saturated carbocycles. The highest BCUT2D eigenvalue weighted by Crippen LogP contribution is 2.08. The molecular weight excluding hydrogens is 520 g/mol. The highest BCUT2D eigenvalue weighted by atomic mass is 16.5. The Kier molecular flexibility index (Phi) is 26.1. The van der Waals surface area contributed by atoms with Gasteiger partial charge in [0, 0.05) is 45.1 Å². The van der Waals surface area contributed by atoms with Crippen LogP contribution in [0.25, 0.3) is 0 Å². The third-order valence-electron chi connectivity index (χ3n) is 6.21. The van der Waals surface area contributed by atoms with E-state index in [0.29, 0.717) is 103 Å². The maximum atomic E-state index is 11.8. The van der Waals surface area contributed by atoms with Gasteiger partial charge in [0.15, 0.2) is 11.6 Å². The van der Waals surface area contributed by atoms with Crippen molar-refractivity contribution >= 4 is 35.8 Å². The van der Waals surface area contributed by atoms with Gasteiger partial charge in [-0.3, -0.25) is 24.0 Å². The number of unbranched alkanes of at least 4 members (excludes halogenated alkanes) is 10. The molecule has 0 heterocycles. The highest BCUT2D eigenvalue weighted by molar-refractivity contribution is 6.37. The summed E-state index contributed by atoms with van der Waals surface area (Å²) in [4.78, 5) is 68.8. The molecule has 1 N–H and O–H groups in total. The van der Waals surface area contributed by atoms with Crippen LogP contribution in [0.2, 0.25) is 0 Å².